The van der Waals surface area contributed by atoms with Crippen LogP contribution in [0.25, 0.3) is 10.9 Å². The fourth-order valence-corrected chi connectivity index (χ4v) is 2.35. The number of nitrogens with zero attached hydrogens (tertiary/aromatic N) is 2. The molecule has 0 radical (unpaired) electrons. The third kappa shape index (κ3) is 1.45. The largest absolute Gasteiger partial charge is 0.294 e. The number of nitroso groups, excluding NO2 is 1. The van der Waals surface area contributed by atoms with Gasteiger partial charge in [-0.2, -0.15) is 0 Å². The van der Waals surface area contributed by atoms with E-state index in [4.69, 9.17) is 0 Å². The van der Waals surface area contributed by atoms with Gasteiger partial charge in [0.1, 0.15) is 5.69 Å². The molecule has 2 aromatic rings. The molecule has 84 valence electrons. The zero-order valence-electron chi connectivity index (χ0n) is 9.14. The van der Waals surface area contributed by atoms with Crippen LogP contribution in [0.1, 0.15) is 28.9 Å². The lowest BCUT2D eigenvalue weighted by Crippen LogP contribution is -2.13. The van der Waals surface area contributed by atoms with Gasteiger partial charge in [0.25, 0.3) is 0 Å². The number of carbonyl (C=O) groups excluding carboxylic acids is 1. The summed E-state index contributed by atoms with van der Waals surface area (Å²) in [5.41, 5.74) is 2.14. The first kappa shape index (κ1) is 10.1. The van der Waals surface area contributed by atoms with Crippen LogP contribution in [0.4, 0.5) is 5.69 Å². The van der Waals surface area contributed by atoms with Crippen LogP contribution in [-0.2, 0) is 6.42 Å². The summed E-state index contributed by atoms with van der Waals surface area (Å²) in [4.78, 5) is 27.3. The number of aryl methyl sites for hydroxylation is 1. The number of Topliss-reactive ketones (excluding diaryl/α,β-unsaturated/α-hetero) is 1. The van der Waals surface area contributed by atoms with Gasteiger partial charge in [0, 0.05) is 11.8 Å². The molecule has 3 rings (SSSR count). The highest BCUT2D eigenvalue weighted by Gasteiger charge is 2.24. The van der Waals surface area contributed by atoms with Crippen LogP contribution in [-0.4, -0.2) is 10.8 Å². The van der Waals surface area contributed by atoms with Crippen LogP contribution < -0.4 is 0 Å². The summed E-state index contributed by atoms with van der Waals surface area (Å²) in [6.07, 6.45) is 2.03. The van der Waals surface area contributed by atoms with Gasteiger partial charge in [0.2, 0.25) is 0 Å². The molecule has 1 heterocycles. The molecule has 17 heavy (non-hydrogen) atoms. The van der Waals surface area contributed by atoms with E-state index in [1.54, 1.807) is 6.07 Å². The standard InChI is InChI=1S/C13H10N2O2/c16-11-7-3-6-10-12(11)13(15-17)8-4-1-2-5-9(8)14-10/h1-2,4-5H,3,6-7H2. The lowest BCUT2D eigenvalue weighted by molar-refractivity contribution is 0.0972. The molecule has 0 saturated heterocycles. The third-order valence-electron chi connectivity index (χ3n) is 3.13. The molecular formula is C13H10N2O2. The van der Waals surface area contributed by atoms with E-state index in [2.05, 4.69) is 10.2 Å². The van der Waals surface area contributed by atoms with Crippen molar-refractivity contribution in [2.24, 2.45) is 5.18 Å². The molecule has 1 aromatic heterocycles. The van der Waals surface area contributed by atoms with Gasteiger partial charge in [-0.15, -0.1) is 4.91 Å². The quantitative estimate of drug-likeness (QED) is 0.702. The maximum Gasteiger partial charge on any atom is 0.167 e. The van der Waals surface area contributed by atoms with Crippen LogP contribution in [0.2, 0.25) is 0 Å². The van der Waals surface area contributed by atoms with E-state index in [9.17, 15) is 9.70 Å². The van der Waals surface area contributed by atoms with Crippen molar-refractivity contribution in [2.75, 3.05) is 0 Å². The van der Waals surface area contributed by atoms with E-state index in [0.717, 1.165) is 24.1 Å². The minimum absolute atomic E-state index is 0.0147. The highest BCUT2D eigenvalue weighted by atomic mass is 16.3. The molecule has 1 aliphatic carbocycles. The van der Waals surface area contributed by atoms with Crippen molar-refractivity contribution in [1.82, 2.24) is 4.98 Å². The van der Waals surface area contributed by atoms with Crippen LogP contribution in [0.15, 0.2) is 29.4 Å². The first-order valence-corrected chi connectivity index (χ1v) is 5.59. The van der Waals surface area contributed by atoms with Crippen molar-refractivity contribution in [2.45, 2.75) is 19.3 Å². The summed E-state index contributed by atoms with van der Waals surface area (Å²) in [6.45, 7) is 0. The fraction of sp³-hybridized carbons (Fsp3) is 0.231. The predicted molar refractivity (Wildman–Crippen MR) is 64.5 cm³/mol. The molecule has 1 aliphatic rings. The van der Waals surface area contributed by atoms with Gasteiger partial charge >= 0.3 is 0 Å². The second-order valence-corrected chi connectivity index (χ2v) is 4.17. The second-order valence-electron chi connectivity index (χ2n) is 4.17. The van der Waals surface area contributed by atoms with Crippen LogP contribution in [0.5, 0.6) is 0 Å². The average Bonchev–Trinajstić information content (AvgIpc) is 2.36. The van der Waals surface area contributed by atoms with E-state index in [0.29, 0.717) is 17.4 Å². The lowest BCUT2D eigenvalue weighted by Gasteiger charge is -2.16. The maximum atomic E-state index is 11.9. The molecule has 0 saturated carbocycles. The number of hydrogen-bond donors (Lipinski definition) is 0. The number of fused-ring (bicyclic) bond motifs is 2. The molecule has 0 fully saturated rings. The SMILES string of the molecule is O=Nc1c2c(nc3ccccc13)CCCC2=O. The Morgan fingerprint density at radius 2 is 2.00 bits per heavy atom. The van der Waals surface area contributed by atoms with Gasteiger partial charge in [-0.05, 0) is 24.1 Å². The zero-order valence-corrected chi connectivity index (χ0v) is 9.14. The van der Waals surface area contributed by atoms with Gasteiger partial charge < -0.3 is 0 Å². The monoisotopic (exact) mass is 226 g/mol. The molecule has 0 aliphatic heterocycles. The molecule has 0 amide bonds. The Labute approximate surface area is 97.6 Å². The van der Waals surface area contributed by atoms with Crippen molar-refractivity contribution in [3.8, 4) is 0 Å². The van der Waals surface area contributed by atoms with E-state index < -0.39 is 0 Å². The first-order chi connectivity index (χ1) is 8.31. The fourth-order valence-electron chi connectivity index (χ4n) is 2.35. The van der Waals surface area contributed by atoms with Crippen LogP contribution in [0.3, 0.4) is 0 Å². The van der Waals surface area contributed by atoms with Crippen molar-refractivity contribution in [1.29, 1.82) is 0 Å². The zero-order chi connectivity index (χ0) is 11.8. The summed E-state index contributed by atoms with van der Waals surface area (Å²) < 4.78 is 0. The summed E-state index contributed by atoms with van der Waals surface area (Å²) >= 11 is 0. The molecule has 1 aromatic carbocycles. The third-order valence-corrected chi connectivity index (χ3v) is 3.13. The molecular weight excluding hydrogens is 216 g/mol. The van der Waals surface area contributed by atoms with E-state index >= 15 is 0 Å². The Morgan fingerprint density at radius 1 is 1.18 bits per heavy atom. The van der Waals surface area contributed by atoms with Crippen LogP contribution >= 0.6 is 0 Å². The normalized spacial score (nSPS) is 14.7. The summed E-state index contributed by atoms with van der Waals surface area (Å²) in [7, 11) is 0. The number of carbonyl (C=O) groups is 1. The Balaban J connectivity index is 2.45. The van der Waals surface area contributed by atoms with Crippen molar-refractivity contribution < 1.29 is 4.79 Å². The Hall–Kier alpha value is -2.10. The minimum atomic E-state index is -0.0147. The summed E-state index contributed by atoms with van der Waals surface area (Å²) in [5, 5.41) is 3.72. The van der Waals surface area contributed by atoms with Gasteiger partial charge in [-0.1, -0.05) is 18.2 Å². The van der Waals surface area contributed by atoms with Crippen molar-refractivity contribution in [3.63, 3.8) is 0 Å². The van der Waals surface area contributed by atoms with E-state index in [1.165, 1.54) is 0 Å². The second kappa shape index (κ2) is 3.73. The number of rotatable bonds is 1. The van der Waals surface area contributed by atoms with E-state index in [-0.39, 0.29) is 11.5 Å². The van der Waals surface area contributed by atoms with Gasteiger partial charge in [0.05, 0.1) is 16.8 Å². The molecule has 0 spiro atoms. The summed E-state index contributed by atoms with van der Waals surface area (Å²) in [5.74, 6) is -0.0147. The molecule has 0 bridgehead atoms. The molecule has 0 atom stereocenters. The highest BCUT2D eigenvalue weighted by Crippen LogP contribution is 2.34. The Kier molecular flexibility index (Phi) is 2.21. The predicted octanol–water partition coefficient (Wildman–Crippen LogP) is 3.15. The van der Waals surface area contributed by atoms with Gasteiger partial charge in [-0.3, -0.25) is 9.78 Å². The number of para-hydroxylation sites is 1. The molecule has 0 N–H and O–H groups in total. The van der Waals surface area contributed by atoms with Gasteiger partial charge in [0.15, 0.2) is 5.78 Å². The summed E-state index contributed by atoms with van der Waals surface area (Å²) in [6, 6.07) is 7.30. The Morgan fingerprint density at radius 3 is 2.82 bits per heavy atom. The average molecular weight is 226 g/mol. The number of ketones is 1. The highest BCUT2D eigenvalue weighted by molar-refractivity contribution is 6.08. The number of pyridine rings is 1. The maximum absolute atomic E-state index is 11.9. The smallest absolute Gasteiger partial charge is 0.167 e. The van der Waals surface area contributed by atoms with Gasteiger partial charge in [-0.25, -0.2) is 0 Å². The molecule has 4 nitrogen and oxygen atoms in total. The minimum Gasteiger partial charge on any atom is -0.294 e. The lowest BCUT2D eigenvalue weighted by atomic mass is 9.92. The van der Waals surface area contributed by atoms with Crippen molar-refractivity contribution in [3.05, 3.63) is 40.4 Å². The Bertz CT molecular complexity index is 635. The molecule has 0 unspecified atom stereocenters. The first-order valence-electron chi connectivity index (χ1n) is 5.59. The topological polar surface area (TPSA) is 59.4 Å². The number of aromatic nitrogens is 1. The molecule has 4 heteroatoms. The van der Waals surface area contributed by atoms with Crippen molar-refractivity contribution >= 4 is 22.4 Å². The van der Waals surface area contributed by atoms with Crippen LogP contribution in [0, 0.1) is 4.91 Å². The number of benzene rings is 1. The van der Waals surface area contributed by atoms with E-state index in [1.807, 2.05) is 18.2 Å². The number of hydrogen-bond acceptors (Lipinski definition) is 4.